The van der Waals surface area contributed by atoms with Crippen LogP contribution in [0, 0.1) is 50.2 Å². The van der Waals surface area contributed by atoms with Crippen LogP contribution < -0.4 is 0 Å². The highest BCUT2D eigenvalue weighted by Gasteiger charge is 2.70. The van der Waals surface area contributed by atoms with Crippen molar-refractivity contribution in [3.8, 4) is 0 Å². The number of carbonyl (C=O) groups is 1. The molecule has 7 fully saturated rings. The number of rotatable bonds is 8. The molecule has 8 aliphatic rings. The number of allylic oxidation sites excluding steroid dienone is 2. The van der Waals surface area contributed by atoms with Gasteiger partial charge in [0.2, 0.25) is 6.29 Å². The number of aliphatic hydroxyl groups is 10. The van der Waals surface area contributed by atoms with Gasteiger partial charge in [0.05, 0.1) is 37.4 Å². The average Bonchev–Trinajstić information content (AvgIpc) is 3.25. The van der Waals surface area contributed by atoms with Gasteiger partial charge in [0, 0.05) is 5.41 Å². The Morgan fingerprint density at radius 2 is 1.39 bits per heavy atom. The summed E-state index contributed by atoms with van der Waals surface area (Å²) in [5.74, 6) is -0.439. The molecule has 0 aromatic rings. The van der Waals surface area contributed by atoms with Crippen molar-refractivity contribution in [2.24, 2.45) is 50.2 Å². The van der Waals surface area contributed by atoms with Crippen molar-refractivity contribution < 1.29 is 84.3 Å². The van der Waals surface area contributed by atoms with E-state index in [-0.39, 0.29) is 52.6 Å². The predicted molar refractivity (Wildman–Crippen MR) is 224 cm³/mol. The smallest absolute Gasteiger partial charge is 0.315 e. The molecular formula is C47H76O17. The van der Waals surface area contributed by atoms with Crippen LogP contribution in [0.2, 0.25) is 0 Å². The quantitative estimate of drug-likeness (QED) is 0.0916. The van der Waals surface area contributed by atoms with Crippen molar-refractivity contribution in [3.05, 3.63) is 11.6 Å². The van der Waals surface area contributed by atoms with E-state index >= 15 is 0 Å². The van der Waals surface area contributed by atoms with Crippen LogP contribution in [0.5, 0.6) is 0 Å². The molecule has 3 aliphatic heterocycles. The number of esters is 1. The molecule has 0 radical (unpaired) electrons. The van der Waals surface area contributed by atoms with Gasteiger partial charge in [-0.15, -0.1) is 0 Å². The maximum atomic E-state index is 14.7. The molecule has 0 unspecified atom stereocenters. The number of hydrogen-bond acceptors (Lipinski definition) is 17. The maximum Gasteiger partial charge on any atom is 0.315 e. The summed E-state index contributed by atoms with van der Waals surface area (Å²) in [6, 6.07) is 0. The van der Waals surface area contributed by atoms with Crippen molar-refractivity contribution >= 4 is 5.97 Å². The zero-order valence-corrected chi connectivity index (χ0v) is 38.5. The summed E-state index contributed by atoms with van der Waals surface area (Å²) in [7, 11) is 0. The molecule has 0 aromatic heterocycles. The fraction of sp³-hybridized carbons (Fsp3) is 0.936. The van der Waals surface area contributed by atoms with Gasteiger partial charge in [0.25, 0.3) is 0 Å². The molecule has 64 heavy (non-hydrogen) atoms. The van der Waals surface area contributed by atoms with Crippen LogP contribution in [0.25, 0.3) is 0 Å². The molecule has 3 saturated heterocycles. The lowest BCUT2D eigenvalue weighted by molar-refractivity contribution is -0.365. The summed E-state index contributed by atoms with van der Waals surface area (Å²) in [5, 5.41) is 106. The van der Waals surface area contributed by atoms with Crippen LogP contribution in [-0.2, 0) is 33.2 Å². The summed E-state index contributed by atoms with van der Waals surface area (Å²) in [6.45, 7) is 14.1. The van der Waals surface area contributed by atoms with Gasteiger partial charge in [-0.1, -0.05) is 53.2 Å². The highest BCUT2D eigenvalue weighted by Crippen LogP contribution is 2.76. The summed E-state index contributed by atoms with van der Waals surface area (Å²) in [4.78, 5) is 14.7. The molecule has 3 heterocycles. The van der Waals surface area contributed by atoms with Gasteiger partial charge in [-0.3, -0.25) is 4.79 Å². The van der Waals surface area contributed by atoms with E-state index in [2.05, 4.69) is 40.7 Å². The summed E-state index contributed by atoms with van der Waals surface area (Å²) < 4.78 is 36.1. The Morgan fingerprint density at radius 3 is 2.08 bits per heavy atom. The van der Waals surface area contributed by atoms with Crippen LogP contribution in [0.1, 0.15) is 113 Å². The average molecular weight is 913 g/mol. The molecule has 10 N–H and O–H groups in total. The first-order chi connectivity index (χ1) is 29.9. The van der Waals surface area contributed by atoms with Crippen molar-refractivity contribution in [2.75, 3.05) is 19.8 Å². The second-order valence-corrected chi connectivity index (χ2v) is 22.8. The molecule has 5 aliphatic carbocycles. The lowest BCUT2D eigenvalue weighted by atomic mass is 9.33. The van der Waals surface area contributed by atoms with Crippen molar-refractivity contribution in [2.45, 2.75) is 205 Å². The standard InChI is InChI=1S/C47H76O17/c1-22-30(51)33(54)35(56)38(60-22)63-37-31(52)25(50)20-59-40(37)62-29-11-12-43(4)27(44(29,5)21-49)10-13-46(7)28(43)9-8-23-24-18-42(2,3)14-16-47(24,17-15-45(23,46)6)41(58)64-39-36(57)34(55)32(53)26(19-48)61-39/h8,22,24-40,48-57H,9-21H2,1-7H3/t22-,24+,25-,26-,27+,28+,29-,30-,31+,32-,33+,34+,35-,36-,37-,38+,39+,40+,43-,44-,45+,46+,47+/m0/s1. The Morgan fingerprint density at radius 1 is 0.719 bits per heavy atom. The number of aliphatic hydroxyl groups excluding tert-OH is 10. The Bertz CT molecular complexity index is 1750. The zero-order valence-electron chi connectivity index (χ0n) is 38.5. The van der Waals surface area contributed by atoms with Crippen LogP contribution in [0.15, 0.2) is 11.6 Å². The highest BCUT2D eigenvalue weighted by molar-refractivity contribution is 5.79. The Labute approximate surface area is 376 Å². The minimum atomic E-state index is -1.69. The van der Waals surface area contributed by atoms with E-state index < -0.39 is 116 Å². The fourth-order valence-corrected chi connectivity index (χ4v) is 14.7. The normalized spacial score (nSPS) is 54.9. The molecule has 0 amide bonds. The third kappa shape index (κ3) is 7.49. The van der Waals surface area contributed by atoms with Crippen LogP contribution in [0.4, 0.5) is 0 Å². The maximum absolute atomic E-state index is 14.7. The Balaban J connectivity index is 1.05. The van der Waals surface area contributed by atoms with Gasteiger partial charge >= 0.3 is 5.97 Å². The number of carbonyl (C=O) groups excluding carboxylic acids is 1. The minimum absolute atomic E-state index is 0.00430. The molecule has 17 nitrogen and oxygen atoms in total. The molecule has 17 heteroatoms. The van der Waals surface area contributed by atoms with Crippen molar-refractivity contribution in [3.63, 3.8) is 0 Å². The van der Waals surface area contributed by atoms with Gasteiger partial charge in [-0.2, -0.15) is 0 Å². The number of fused-ring (bicyclic) bond motifs is 7. The second-order valence-electron chi connectivity index (χ2n) is 22.8. The van der Waals surface area contributed by atoms with E-state index in [1.807, 2.05) is 6.92 Å². The SMILES string of the molecule is C[C@@H]1O[C@H](O[C@@H]2[C@@H](O[C@H]3CC[C@@]4(C)[C@@H](CC[C@]5(C)[C@@H]4CC=C4[C@H]6CC(C)(C)CC[C@@]6(C(=O)O[C@H]6O[C@@H](CO)[C@H](O)[C@@H](O)[C@@H]6O)CC[C@]45C)[C@]3(C)CO)OC[C@H](O)[C@H]2O)[C@@H](O)[C@H](O)[C@H]1O. The fourth-order valence-electron chi connectivity index (χ4n) is 14.7. The van der Waals surface area contributed by atoms with Crippen molar-refractivity contribution in [1.82, 2.24) is 0 Å². The third-order valence-corrected chi connectivity index (χ3v) is 19.0. The van der Waals surface area contributed by atoms with Gasteiger partial charge < -0.3 is 79.5 Å². The van der Waals surface area contributed by atoms with E-state index in [4.69, 9.17) is 28.4 Å². The van der Waals surface area contributed by atoms with Gasteiger partial charge in [-0.25, -0.2) is 0 Å². The number of ether oxygens (including phenoxy) is 6. The lowest BCUT2D eigenvalue weighted by Gasteiger charge is -2.71. The van der Waals surface area contributed by atoms with E-state index in [0.29, 0.717) is 19.3 Å². The molecule has 0 aromatic carbocycles. The monoisotopic (exact) mass is 913 g/mol. The third-order valence-electron chi connectivity index (χ3n) is 19.0. The first kappa shape index (κ1) is 49.0. The highest BCUT2D eigenvalue weighted by atomic mass is 16.8. The Hall–Kier alpha value is -1.39. The lowest BCUT2D eigenvalue weighted by Crippen LogP contribution is -2.67. The Kier molecular flexibility index (Phi) is 13.2. The first-order valence-corrected chi connectivity index (χ1v) is 23.7. The molecule has 366 valence electrons. The van der Waals surface area contributed by atoms with Crippen LogP contribution in [0.3, 0.4) is 0 Å². The summed E-state index contributed by atoms with van der Waals surface area (Å²) >= 11 is 0. The molecule has 0 spiro atoms. The van der Waals surface area contributed by atoms with Crippen LogP contribution >= 0.6 is 0 Å². The first-order valence-electron chi connectivity index (χ1n) is 23.7. The molecule has 0 bridgehead atoms. The topological polar surface area (TPSA) is 275 Å². The van der Waals surface area contributed by atoms with E-state index in [1.165, 1.54) is 12.5 Å². The molecular weight excluding hydrogens is 837 g/mol. The van der Waals surface area contributed by atoms with E-state index in [0.717, 1.165) is 44.9 Å². The summed E-state index contributed by atoms with van der Waals surface area (Å²) in [5.41, 5.74) is -1.19. The van der Waals surface area contributed by atoms with Gasteiger partial charge in [-0.05, 0) is 111 Å². The van der Waals surface area contributed by atoms with Gasteiger partial charge in [0.15, 0.2) is 12.6 Å². The summed E-state index contributed by atoms with van der Waals surface area (Å²) in [6.07, 6.45) is -11.1. The number of hydrogen-bond donors (Lipinski definition) is 10. The van der Waals surface area contributed by atoms with Gasteiger partial charge in [0.1, 0.15) is 61.0 Å². The van der Waals surface area contributed by atoms with E-state index in [9.17, 15) is 55.9 Å². The van der Waals surface area contributed by atoms with Crippen molar-refractivity contribution in [1.29, 1.82) is 0 Å². The molecule has 8 rings (SSSR count). The van der Waals surface area contributed by atoms with Crippen LogP contribution in [-0.4, -0.2) is 169 Å². The zero-order chi connectivity index (χ0) is 46.7. The second kappa shape index (κ2) is 17.2. The molecule has 23 atom stereocenters. The largest absolute Gasteiger partial charge is 0.432 e. The van der Waals surface area contributed by atoms with E-state index in [1.54, 1.807) is 0 Å². The predicted octanol–water partition coefficient (Wildman–Crippen LogP) is 0.780. The minimum Gasteiger partial charge on any atom is -0.432 e. The molecule has 4 saturated carbocycles.